The van der Waals surface area contributed by atoms with E-state index in [9.17, 15) is 42.1 Å². The number of benzene rings is 1. The molecule has 4 nitrogen and oxygen atoms in total. The van der Waals surface area contributed by atoms with Crippen molar-refractivity contribution >= 4 is 5.97 Å². The summed E-state index contributed by atoms with van der Waals surface area (Å²) in [5.41, 5.74) is 2.61. The van der Waals surface area contributed by atoms with Crippen molar-refractivity contribution in [2.75, 3.05) is 0 Å². The van der Waals surface area contributed by atoms with E-state index < -0.39 is 36.8 Å². The van der Waals surface area contributed by atoms with Gasteiger partial charge in [0.15, 0.2) is 0 Å². The van der Waals surface area contributed by atoms with Crippen LogP contribution in [0.1, 0.15) is 120 Å². The molecule has 3 aliphatic carbocycles. The van der Waals surface area contributed by atoms with Gasteiger partial charge in [-0.1, -0.05) is 51.5 Å². The van der Waals surface area contributed by atoms with Crippen LogP contribution in [0, 0.1) is 29.1 Å². The molecule has 238 valence electrons. The topological polar surface area (TPSA) is 77.8 Å². The molecule has 42 heavy (non-hydrogen) atoms. The van der Waals surface area contributed by atoms with Crippen molar-refractivity contribution < 1.29 is 42.1 Å². The van der Waals surface area contributed by atoms with Gasteiger partial charge in [0.25, 0.3) is 0 Å². The smallest absolute Gasteiger partial charge is 0.453 e. The van der Waals surface area contributed by atoms with Crippen molar-refractivity contribution in [2.24, 2.45) is 29.1 Å². The summed E-state index contributed by atoms with van der Waals surface area (Å²) >= 11 is 0. The highest BCUT2D eigenvalue weighted by Crippen LogP contribution is 2.63. The molecule has 0 saturated heterocycles. The zero-order chi connectivity index (χ0) is 30.7. The molecule has 2 fully saturated rings. The van der Waals surface area contributed by atoms with Crippen molar-refractivity contribution in [1.29, 1.82) is 0 Å². The Hall–Kier alpha value is -1.90. The van der Waals surface area contributed by atoms with Gasteiger partial charge in [-0.25, -0.2) is 0 Å². The monoisotopic (exact) mass is 602 g/mol. The molecular weight excluding hydrogens is 555 g/mol. The lowest BCUT2D eigenvalue weighted by Crippen LogP contribution is -2.47. The highest BCUT2D eigenvalue weighted by Gasteiger charge is 2.58. The average Bonchev–Trinajstić information content (AvgIpc) is 3.21. The number of carbonyl (C=O) groups is 1. The van der Waals surface area contributed by atoms with Gasteiger partial charge in [0.2, 0.25) is 0 Å². The SMILES string of the molecule is C[C@]12C[C@H](CCCCCCCCC(CCCC(F)(F)C(F)(F)F)C(=O)O)[C@@H]3c4ccc(O)cc4CC[C@H]3[C@@H]1CC[C@@H]2O. The van der Waals surface area contributed by atoms with Gasteiger partial charge in [-0.05, 0) is 110 Å². The number of halogens is 5. The maximum absolute atomic E-state index is 13.1. The molecule has 0 bridgehead atoms. The molecule has 1 aromatic carbocycles. The second-order valence-corrected chi connectivity index (χ2v) is 13.6. The van der Waals surface area contributed by atoms with Gasteiger partial charge in [-0.3, -0.25) is 4.79 Å². The Labute approximate surface area is 246 Å². The largest absolute Gasteiger partial charge is 0.508 e. The maximum Gasteiger partial charge on any atom is 0.453 e. The molecule has 0 aromatic heterocycles. The minimum absolute atomic E-state index is 0.0381. The van der Waals surface area contributed by atoms with Gasteiger partial charge in [0, 0.05) is 6.42 Å². The third-order valence-corrected chi connectivity index (χ3v) is 11.0. The van der Waals surface area contributed by atoms with E-state index in [0.717, 1.165) is 70.6 Å². The Balaban J connectivity index is 1.21. The van der Waals surface area contributed by atoms with E-state index in [0.29, 0.717) is 35.8 Å². The number of phenolic OH excluding ortho intramolecular Hbond substituents is 1. The van der Waals surface area contributed by atoms with Crippen LogP contribution in [0.2, 0.25) is 0 Å². The highest BCUT2D eigenvalue weighted by molar-refractivity contribution is 5.69. The summed E-state index contributed by atoms with van der Waals surface area (Å²) in [7, 11) is 0. The number of aryl methyl sites for hydroxylation is 1. The van der Waals surface area contributed by atoms with Gasteiger partial charge in [0.05, 0.1) is 12.0 Å². The summed E-state index contributed by atoms with van der Waals surface area (Å²) in [5.74, 6) is -4.47. The van der Waals surface area contributed by atoms with E-state index in [-0.39, 0.29) is 24.4 Å². The number of unbranched alkanes of at least 4 members (excludes halogenated alkanes) is 5. The van der Waals surface area contributed by atoms with Crippen LogP contribution < -0.4 is 0 Å². The normalized spacial score (nSPS) is 29.9. The second-order valence-electron chi connectivity index (χ2n) is 13.6. The van der Waals surface area contributed by atoms with Gasteiger partial charge >= 0.3 is 18.1 Å². The molecule has 0 amide bonds. The van der Waals surface area contributed by atoms with E-state index in [2.05, 4.69) is 13.0 Å². The van der Waals surface area contributed by atoms with E-state index >= 15 is 0 Å². The van der Waals surface area contributed by atoms with Crippen molar-refractivity contribution in [3.05, 3.63) is 29.3 Å². The molecule has 2 saturated carbocycles. The van der Waals surface area contributed by atoms with Gasteiger partial charge in [-0.15, -0.1) is 0 Å². The second kappa shape index (κ2) is 13.4. The predicted octanol–water partition coefficient (Wildman–Crippen LogP) is 9.02. The molecule has 3 aliphatic rings. The Morgan fingerprint density at radius 3 is 2.33 bits per heavy atom. The van der Waals surface area contributed by atoms with Crippen molar-refractivity contribution in [3.63, 3.8) is 0 Å². The minimum Gasteiger partial charge on any atom is -0.508 e. The molecule has 4 rings (SSSR count). The zero-order valence-corrected chi connectivity index (χ0v) is 24.6. The number of phenols is 1. The number of rotatable bonds is 14. The average molecular weight is 603 g/mol. The molecular formula is C33H47F5O4. The zero-order valence-electron chi connectivity index (χ0n) is 24.6. The Morgan fingerprint density at radius 1 is 0.976 bits per heavy atom. The van der Waals surface area contributed by atoms with Crippen molar-refractivity contribution in [2.45, 2.75) is 134 Å². The van der Waals surface area contributed by atoms with E-state index in [1.165, 1.54) is 11.1 Å². The first-order valence-electron chi connectivity index (χ1n) is 15.9. The quantitative estimate of drug-likeness (QED) is 0.147. The number of hydrogen-bond acceptors (Lipinski definition) is 3. The van der Waals surface area contributed by atoms with Crippen LogP contribution in [0.5, 0.6) is 5.75 Å². The first-order chi connectivity index (χ1) is 19.7. The van der Waals surface area contributed by atoms with E-state index in [4.69, 9.17) is 0 Å². The van der Waals surface area contributed by atoms with Crippen LogP contribution in [0.3, 0.4) is 0 Å². The number of fused-ring (bicyclic) bond motifs is 5. The van der Waals surface area contributed by atoms with Crippen LogP contribution in [0.4, 0.5) is 22.0 Å². The molecule has 0 aliphatic heterocycles. The van der Waals surface area contributed by atoms with Crippen molar-refractivity contribution in [1.82, 2.24) is 0 Å². The molecule has 0 radical (unpaired) electrons. The number of carboxylic acids is 1. The summed E-state index contributed by atoms with van der Waals surface area (Å²) in [6.07, 6.45) is 4.01. The molecule has 0 heterocycles. The summed E-state index contributed by atoms with van der Waals surface area (Å²) in [5, 5.41) is 30.4. The number of aliphatic hydroxyl groups is 1. The van der Waals surface area contributed by atoms with Gasteiger partial charge in [-0.2, -0.15) is 22.0 Å². The minimum atomic E-state index is -5.60. The molecule has 0 spiro atoms. The van der Waals surface area contributed by atoms with Gasteiger partial charge < -0.3 is 15.3 Å². The number of aliphatic carboxylic acids is 1. The van der Waals surface area contributed by atoms with Gasteiger partial charge in [0.1, 0.15) is 5.75 Å². The number of alkyl halides is 5. The molecule has 1 unspecified atom stereocenters. The fourth-order valence-corrected chi connectivity index (χ4v) is 8.74. The summed E-state index contributed by atoms with van der Waals surface area (Å²) in [6, 6.07) is 5.85. The van der Waals surface area contributed by atoms with Crippen LogP contribution in [0.25, 0.3) is 0 Å². The van der Waals surface area contributed by atoms with Crippen LogP contribution in [0.15, 0.2) is 18.2 Å². The number of hydrogen-bond donors (Lipinski definition) is 3. The van der Waals surface area contributed by atoms with Crippen LogP contribution in [-0.4, -0.2) is 39.5 Å². The third kappa shape index (κ3) is 7.24. The predicted molar refractivity (Wildman–Crippen MR) is 151 cm³/mol. The highest BCUT2D eigenvalue weighted by atomic mass is 19.4. The standard InChI is InChI=1S/C33H47F5O4/c1-31-20-23(29-25-15-13-24(39)19-22(25)12-14-26(29)27(31)16-17-28(31)40)10-7-5-3-2-4-6-9-21(30(41)42)11-8-18-32(34,35)33(36,37)38/h13,15,19,21,23,26-29,39-40H,2-12,14,16-18,20H2,1H3,(H,41,42)/t21?,23-,26-,27-,28-,29+,31-/m0/s1. The van der Waals surface area contributed by atoms with Crippen molar-refractivity contribution in [3.8, 4) is 5.75 Å². The molecule has 1 aromatic rings. The number of carboxylic acid groups (broad SMARTS) is 1. The first kappa shape index (κ1) is 33.0. The number of aliphatic hydroxyl groups excluding tert-OH is 1. The molecule has 7 atom stereocenters. The lowest BCUT2D eigenvalue weighted by molar-refractivity contribution is -0.284. The lowest BCUT2D eigenvalue weighted by atomic mass is 9.51. The summed E-state index contributed by atoms with van der Waals surface area (Å²) < 4.78 is 63.3. The van der Waals surface area contributed by atoms with E-state index in [1.807, 2.05) is 12.1 Å². The fourth-order valence-electron chi connectivity index (χ4n) is 8.74. The Bertz CT molecular complexity index is 1060. The Morgan fingerprint density at radius 2 is 1.64 bits per heavy atom. The fraction of sp³-hybridized carbons (Fsp3) is 0.788. The third-order valence-electron chi connectivity index (χ3n) is 11.0. The van der Waals surface area contributed by atoms with Crippen LogP contribution in [-0.2, 0) is 11.2 Å². The number of aromatic hydroxyl groups is 1. The lowest BCUT2D eigenvalue weighted by Gasteiger charge is -2.54. The first-order valence-corrected chi connectivity index (χ1v) is 15.9. The van der Waals surface area contributed by atoms with E-state index in [1.54, 1.807) is 0 Å². The van der Waals surface area contributed by atoms with Crippen LogP contribution >= 0.6 is 0 Å². The summed E-state index contributed by atoms with van der Waals surface area (Å²) in [4.78, 5) is 11.5. The molecule has 3 N–H and O–H groups in total. The summed E-state index contributed by atoms with van der Waals surface area (Å²) in [6.45, 7) is 2.29. The Kier molecular flexibility index (Phi) is 10.5. The maximum atomic E-state index is 13.1. The molecule has 9 heteroatoms.